The second-order valence-electron chi connectivity index (χ2n) is 4.89. The Kier molecular flexibility index (Phi) is 5.89. The van der Waals surface area contributed by atoms with E-state index < -0.39 is 6.35 Å². The van der Waals surface area contributed by atoms with E-state index in [1.807, 2.05) is 19.1 Å². The Bertz CT molecular complexity index is 770. The van der Waals surface area contributed by atoms with Crippen LogP contribution in [0.25, 0.3) is 5.70 Å². The van der Waals surface area contributed by atoms with Gasteiger partial charge in [0.15, 0.2) is 0 Å². The van der Waals surface area contributed by atoms with Crippen molar-refractivity contribution in [1.29, 1.82) is 0 Å². The molecule has 6 heteroatoms. The number of aliphatic imine (C=N–C) groups is 1. The van der Waals surface area contributed by atoms with Crippen LogP contribution < -0.4 is 4.74 Å². The van der Waals surface area contributed by atoms with E-state index in [0.29, 0.717) is 6.61 Å². The van der Waals surface area contributed by atoms with E-state index >= 15 is 0 Å². The van der Waals surface area contributed by atoms with Crippen LogP contribution in [0.3, 0.4) is 0 Å². The molecule has 2 nitrogen and oxygen atoms in total. The van der Waals surface area contributed by atoms with Gasteiger partial charge in [0.05, 0.1) is 0 Å². The molecule has 0 aliphatic carbocycles. The fourth-order valence-corrected chi connectivity index (χ4v) is 11.3. The molecule has 0 unspecified atom stereocenters. The monoisotopic (exact) mass is 661 g/mol. The Hall–Kier alpha value is 0.109. The Labute approximate surface area is 169 Å². The van der Waals surface area contributed by atoms with E-state index in [4.69, 9.17) is 9.73 Å². The van der Waals surface area contributed by atoms with Gasteiger partial charge in [-0.15, -0.1) is 0 Å². The fraction of sp³-hybridized carbons (Fsp3) is 0.118. The maximum atomic E-state index is 5.53. The van der Waals surface area contributed by atoms with Crippen molar-refractivity contribution in [3.8, 4) is 5.75 Å². The van der Waals surface area contributed by atoms with Gasteiger partial charge in [0, 0.05) is 0 Å². The van der Waals surface area contributed by atoms with Crippen LogP contribution in [0, 0.1) is 0 Å². The van der Waals surface area contributed by atoms with Crippen molar-refractivity contribution in [2.24, 2.45) is 4.99 Å². The Balaban J connectivity index is 1.93. The molecular formula is C17H14BrI2NOSe. The number of hydrogen-bond acceptors (Lipinski definition) is 2. The summed E-state index contributed by atoms with van der Waals surface area (Å²) in [5.41, 5.74) is 3.45. The molecule has 2 aromatic rings. The molecule has 2 aromatic carbocycles. The molecule has 0 radical (unpaired) electrons. The number of hydrogen-bond donors (Lipinski definition) is 0. The third-order valence-corrected chi connectivity index (χ3v) is 13.7. The summed E-state index contributed by atoms with van der Waals surface area (Å²) in [7, 11) is 0. The van der Waals surface area contributed by atoms with Crippen LogP contribution >= 0.6 is 56.6 Å². The first-order valence-electron chi connectivity index (χ1n) is 7.02. The molecule has 0 aromatic heterocycles. The first kappa shape index (κ1) is 17.9. The molecule has 0 amide bonds. The molecule has 0 bridgehead atoms. The van der Waals surface area contributed by atoms with Crippen LogP contribution in [-0.2, 0) is 0 Å². The molecule has 1 heterocycles. The van der Waals surface area contributed by atoms with E-state index in [0.717, 1.165) is 15.9 Å². The van der Waals surface area contributed by atoms with Gasteiger partial charge in [-0.2, -0.15) is 0 Å². The van der Waals surface area contributed by atoms with E-state index in [1.165, 1.54) is 15.7 Å². The van der Waals surface area contributed by atoms with Gasteiger partial charge in [-0.3, -0.25) is 0 Å². The average molecular weight is 661 g/mol. The van der Waals surface area contributed by atoms with Gasteiger partial charge in [0.2, 0.25) is 0 Å². The molecule has 0 fully saturated rings. The summed E-state index contributed by atoms with van der Waals surface area (Å²) in [6.45, 7) is 2.69. The van der Waals surface area contributed by atoms with Crippen molar-refractivity contribution >= 4 is 73.3 Å². The third-order valence-electron chi connectivity index (χ3n) is 3.29. The standard InChI is InChI=1S/C17H14BrI2NOSe/c1-2-22-15-9-5-13(6-10-15)17-21-16(11-23(17,19)20)12-3-7-14(18)8-4-12/h3-11H,2H2,1H3. The Morgan fingerprint density at radius 1 is 1.00 bits per heavy atom. The van der Waals surface area contributed by atoms with E-state index in [1.54, 1.807) is 0 Å². The first-order valence-corrected chi connectivity index (χ1v) is 20.1. The molecule has 0 atom stereocenters. The average Bonchev–Trinajstić information content (AvgIpc) is 2.85. The second kappa shape index (κ2) is 7.56. The summed E-state index contributed by atoms with van der Waals surface area (Å²) in [6.07, 6.45) is -1.93. The molecule has 120 valence electrons. The summed E-state index contributed by atoms with van der Waals surface area (Å²) in [5, 5.41) is 0. The maximum absolute atomic E-state index is 5.53. The number of benzene rings is 2. The van der Waals surface area contributed by atoms with Crippen molar-refractivity contribution in [1.82, 2.24) is 0 Å². The van der Waals surface area contributed by atoms with Gasteiger partial charge in [-0.1, -0.05) is 0 Å². The second-order valence-corrected chi connectivity index (χ2v) is 32.4. The molecule has 0 saturated heterocycles. The van der Waals surface area contributed by atoms with E-state index in [9.17, 15) is 0 Å². The summed E-state index contributed by atoms with van der Waals surface area (Å²) in [6, 6.07) is 16.6. The Morgan fingerprint density at radius 3 is 2.22 bits per heavy atom. The minimum absolute atomic E-state index is 0.688. The van der Waals surface area contributed by atoms with Crippen molar-refractivity contribution in [3.05, 3.63) is 69.1 Å². The van der Waals surface area contributed by atoms with Gasteiger partial charge < -0.3 is 0 Å². The van der Waals surface area contributed by atoms with Gasteiger partial charge in [0.1, 0.15) is 0 Å². The van der Waals surface area contributed by atoms with Crippen LogP contribution in [-0.4, -0.2) is 17.6 Å². The zero-order valence-corrected chi connectivity index (χ0v) is 19.9. The van der Waals surface area contributed by atoms with Crippen molar-refractivity contribution in [3.63, 3.8) is 0 Å². The third kappa shape index (κ3) is 4.21. The fourth-order valence-electron chi connectivity index (χ4n) is 2.23. The van der Waals surface area contributed by atoms with Crippen LogP contribution in [0.1, 0.15) is 18.1 Å². The summed E-state index contributed by atoms with van der Waals surface area (Å²) < 4.78 is 7.84. The number of halogens is 3. The van der Waals surface area contributed by atoms with Gasteiger partial charge in [-0.25, -0.2) is 0 Å². The molecule has 23 heavy (non-hydrogen) atoms. The number of nitrogens with zero attached hydrogens (tertiary/aromatic N) is 1. The predicted molar refractivity (Wildman–Crippen MR) is 120 cm³/mol. The summed E-state index contributed by atoms with van der Waals surface area (Å²) in [4.78, 5) is 7.33. The predicted octanol–water partition coefficient (Wildman–Crippen LogP) is 6.08. The summed E-state index contributed by atoms with van der Waals surface area (Å²) in [5.74, 6) is 0.909. The molecule has 1 aliphatic heterocycles. The Morgan fingerprint density at radius 2 is 1.61 bits per heavy atom. The van der Waals surface area contributed by atoms with Crippen LogP contribution in [0.15, 0.2) is 63.0 Å². The number of rotatable bonds is 4. The molecule has 1 aliphatic rings. The van der Waals surface area contributed by atoms with Crippen LogP contribution in [0.4, 0.5) is 0 Å². The van der Waals surface area contributed by atoms with E-state index in [2.05, 4.69) is 98.0 Å². The SMILES string of the molecule is CCOc1ccc(C2=NC(c3ccc(Br)cc3)=C[Se]2(I)I)cc1. The van der Waals surface area contributed by atoms with Gasteiger partial charge in [0.25, 0.3) is 0 Å². The molecule has 0 spiro atoms. The van der Waals surface area contributed by atoms with Crippen LogP contribution in [0.5, 0.6) is 5.75 Å². The van der Waals surface area contributed by atoms with Crippen molar-refractivity contribution in [2.45, 2.75) is 6.92 Å². The summed E-state index contributed by atoms with van der Waals surface area (Å²) >= 11 is 8.69. The van der Waals surface area contributed by atoms with Gasteiger partial charge in [-0.05, 0) is 0 Å². The zero-order valence-electron chi connectivity index (χ0n) is 12.3. The molecule has 3 rings (SSSR count). The van der Waals surface area contributed by atoms with Gasteiger partial charge >= 0.3 is 171 Å². The first-order chi connectivity index (χ1) is 11.0. The topological polar surface area (TPSA) is 21.6 Å². The van der Waals surface area contributed by atoms with Crippen molar-refractivity contribution in [2.75, 3.05) is 6.61 Å². The normalized spacial score (nSPS) is 17.4. The molecule has 0 N–H and O–H groups in total. The number of ether oxygens (including phenoxy) is 1. The minimum atomic E-state index is -1.93. The molecular weight excluding hydrogens is 647 g/mol. The van der Waals surface area contributed by atoms with E-state index in [-0.39, 0.29) is 0 Å². The molecule has 0 saturated carbocycles. The quantitative estimate of drug-likeness (QED) is 0.288. The van der Waals surface area contributed by atoms with Crippen LogP contribution in [0.2, 0.25) is 0 Å². The van der Waals surface area contributed by atoms with Crippen molar-refractivity contribution < 1.29 is 4.74 Å². The zero-order chi connectivity index (χ0) is 16.4.